The molecule has 0 bridgehead atoms. The molecular formula is C11H12FN3. The van der Waals surface area contributed by atoms with Crippen molar-refractivity contribution >= 4 is 0 Å². The third kappa shape index (κ3) is 1.97. The first kappa shape index (κ1) is 10.1. The smallest absolute Gasteiger partial charge is 0.155 e. The van der Waals surface area contributed by atoms with E-state index < -0.39 is 5.67 Å². The monoisotopic (exact) mass is 205 g/mol. The number of nitrogens with zero attached hydrogens (tertiary/aromatic N) is 2. The minimum absolute atomic E-state index is 0.447. The molecule has 0 atom stereocenters. The predicted octanol–water partition coefficient (Wildman–Crippen LogP) is 1.50. The number of nitrogens with one attached hydrogen (secondary N) is 1. The quantitative estimate of drug-likeness (QED) is 0.755. The summed E-state index contributed by atoms with van der Waals surface area (Å²) in [6, 6.07) is 5.20. The summed E-state index contributed by atoms with van der Waals surface area (Å²) in [5.41, 5.74) is -0.404. The minimum Gasteiger partial charge on any atom is -0.316 e. The lowest BCUT2D eigenvalue weighted by molar-refractivity contribution is 0.110. The summed E-state index contributed by atoms with van der Waals surface area (Å²) in [5.74, 6) is 0. The Morgan fingerprint density at radius 1 is 1.40 bits per heavy atom. The van der Waals surface area contributed by atoms with Crippen LogP contribution in [0.2, 0.25) is 0 Å². The van der Waals surface area contributed by atoms with Crippen molar-refractivity contribution in [3.05, 3.63) is 29.6 Å². The Bertz CT molecular complexity index is 374. The molecule has 0 aliphatic carbocycles. The highest BCUT2D eigenvalue weighted by molar-refractivity contribution is 5.28. The van der Waals surface area contributed by atoms with Gasteiger partial charge in [0.05, 0.1) is 11.3 Å². The Kier molecular flexibility index (Phi) is 2.65. The van der Waals surface area contributed by atoms with Crippen molar-refractivity contribution < 1.29 is 4.39 Å². The van der Waals surface area contributed by atoms with E-state index >= 15 is 0 Å². The first-order valence-electron chi connectivity index (χ1n) is 5.01. The van der Waals surface area contributed by atoms with Crippen LogP contribution in [0.1, 0.15) is 24.1 Å². The Hall–Kier alpha value is -1.47. The van der Waals surface area contributed by atoms with Gasteiger partial charge in [-0.25, -0.2) is 4.39 Å². The molecule has 1 aromatic rings. The molecular weight excluding hydrogens is 193 g/mol. The molecule has 3 nitrogen and oxygen atoms in total. The summed E-state index contributed by atoms with van der Waals surface area (Å²) in [6.45, 7) is 1.36. The van der Waals surface area contributed by atoms with Crippen LogP contribution in [0.4, 0.5) is 4.39 Å². The molecule has 0 saturated carbocycles. The van der Waals surface area contributed by atoms with E-state index in [1.807, 2.05) is 6.07 Å². The van der Waals surface area contributed by atoms with Crippen LogP contribution in [0.25, 0.3) is 0 Å². The number of hydrogen-bond acceptors (Lipinski definition) is 3. The number of pyridine rings is 1. The minimum atomic E-state index is -1.32. The molecule has 0 radical (unpaired) electrons. The van der Waals surface area contributed by atoms with Gasteiger partial charge < -0.3 is 5.32 Å². The first-order chi connectivity index (χ1) is 7.24. The van der Waals surface area contributed by atoms with E-state index in [0.29, 0.717) is 37.2 Å². The molecule has 15 heavy (non-hydrogen) atoms. The normalized spacial score (nSPS) is 19.5. The standard InChI is InChI=1S/C11H12FN3/c12-11(3-5-14-6-4-11)10-2-1-9(7-13)8-15-10/h1-2,8,14H,3-6H2. The second-order valence-electron chi connectivity index (χ2n) is 3.76. The van der Waals surface area contributed by atoms with Crippen molar-refractivity contribution in [3.8, 4) is 6.07 Å². The zero-order valence-electron chi connectivity index (χ0n) is 8.33. The SMILES string of the molecule is N#Cc1ccc(C2(F)CCNCC2)nc1. The van der Waals surface area contributed by atoms with Crippen molar-refractivity contribution in [2.24, 2.45) is 0 Å². The summed E-state index contributed by atoms with van der Waals surface area (Å²) in [7, 11) is 0. The fraction of sp³-hybridized carbons (Fsp3) is 0.455. The highest BCUT2D eigenvalue weighted by Crippen LogP contribution is 2.33. The van der Waals surface area contributed by atoms with Gasteiger partial charge in [0, 0.05) is 6.20 Å². The number of nitriles is 1. The van der Waals surface area contributed by atoms with Crippen molar-refractivity contribution in [2.45, 2.75) is 18.5 Å². The van der Waals surface area contributed by atoms with Crippen LogP contribution in [-0.4, -0.2) is 18.1 Å². The van der Waals surface area contributed by atoms with Gasteiger partial charge in [-0.3, -0.25) is 4.98 Å². The van der Waals surface area contributed by atoms with Gasteiger partial charge >= 0.3 is 0 Å². The van der Waals surface area contributed by atoms with Gasteiger partial charge in [0.1, 0.15) is 6.07 Å². The summed E-state index contributed by atoms with van der Waals surface area (Å²) in [5, 5.41) is 11.7. The maximum absolute atomic E-state index is 14.4. The molecule has 0 amide bonds. The van der Waals surface area contributed by atoms with Gasteiger partial charge in [0.25, 0.3) is 0 Å². The van der Waals surface area contributed by atoms with Gasteiger partial charge in [0.2, 0.25) is 0 Å². The van der Waals surface area contributed by atoms with Gasteiger partial charge in [0.15, 0.2) is 5.67 Å². The highest BCUT2D eigenvalue weighted by atomic mass is 19.1. The highest BCUT2D eigenvalue weighted by Gasteiger charge is 2.34. The Labute approximate surface area is 87.9 Å². The van der Waals surface area contributed by atoms with E-state index in [0.717, 1.165) is 0 Å². The van der Waals surface area contributed by atoms with E-state index in [1.54, 1.807) is 12.1 Å². The van der Waals surface area contributed by atoms with E-state index in [4.69, 9.17) is 5.26 Å². The summed E-state index contributed by atoms with van der Waals surface area (Å²) < 4.78 is 14.4. The molecule has 0 unspecified atom stereocenters. The number of rotatable bonds is 1. The van der Waals surface area contributed by atoms with Crippen molar-refractivity contribution in [1.82, 2.24) is 10.3 Å². The molecule has 78 valence electrons. The van der Waals surface area contributed by atoms with Crippen LogP contribution >= 0.6 is 0 Å². The fourth-order valence-corrected chi connectivity index (χ4v) is 1.80. The largest absolute Gasteiger partial charge is 0.316 e. The van der Waals surface area contributed by atoms with Crippen molar-refractivity contribution in [1.29, 1.82) is 5.26 Å². The molecule has 0 spiro atoms. The van der Waals surface area contributed by atoms with Crippen molar-refractivity contribution in [3.63, 3.8) is 0 Å². The maximum Gasteiger partial charge on any atom is 0.155 e. The van der Waals surface area contributed by atoms with Gasteiger partial charge in [-0.1, -0.05) is 0 Å². The number of halogens is 1. The topological polar surface area (TPSA) is 48.7 Å². The molecule has 1 aromatic heterocycles. The molecule has 1 aliphatic rings. The van der Waals surface area contributed by atoms with E-state index in [1.165, 1.54) is 6.20 Å². The van der Waals surface area contributed by atoms with Crippen LogP contribution < -0.4 is 5.32 Å². The Morgan fingerprint density at radius 3 is 2.67 bits per heavy atom. The van der Waals surface area contributed by atoms with Gasteiger partial charge in [-0.2, -0.15) is 5.26 Å². The Morgan fingerprint density at radius 2 is 2.13 bits per heavy atom. The summed E-state index contributed by atoms with van der Waals surface area (Å²) in [4.78, 5) is 4.02. The molecule has 1 fully saturated rings. The van der Waals surface area contributed by atoms with Crippen LogP contribution in [0.5, 0.6) is 0 Å². The van der Waals surface area contributed by atoms with Crippen LogP contribution in [-0.2, 0) is 5.67 Å². The molecule has 0 aromatic carbocycles. The fourth-order valence-electron chi connectivity index (χ4n) is 1.80. The Balaban J connectivity index is 2.24. The summed E-state index contributed by atoms with van der Waals surface area (Å²) in [6.07, 6.45) is 2.33. The predicted molar refractivity (Wildman–Crippen MR) is 53.8 cm³/mol. The van der Waals surface area contributed by atoms with E-state index in [-0.39, 0.29) is 0 Å². The average molecular weight is 205 g/mol. The molecule has 4 heteroatoms. The lowest BCUT2D eigenvalue weighted by atomic mass is 9.90. The maximum atomic E-state index is 14.4. The lowest BCUT2D eigenvalue weighted by Crippen LogP contribution is -2.37. The number of piperidine rings is 1. The zero-order chi connectivity index (χ0) is 10.7. The molecule has 1 saturated heterocycles. The molecule has 1 aliphatic heterocycles. The zero-order valence-corrected chi connectivity index (χ0v) is 8.33. The first-order valence-corrected chi connectivity index (χ1v) is 5.01. The third-order valence-electron chi connectivity index (χ3n) is 2.75. The summed E-state index contributed by atoms with van der Waals surface area (Å²) >= 11 is 0. The van der Waals surface area contributed by atoms with Crippen LogP contribution in [0, 0.1) is 11.3 Å². The van der Waals surface area contributed by atoms with Crippen LogP contribution in [0.3, 0.4) is 0 Å². The molecule has 2 heterocycles. The lowest BCUT2D eigenvalue weighted by Gasteiger charge is -2.29. The van der Waals surface area contributed by atoms with E-state index in [9.17, 15) is 4.39 Å². The second kappa shape index (κ2) is 3.95. The van der Waals surface area contributed by atoms with Crippen molar-refractivity contribution in [2.75, 3.05) is 13.1 Å². The average Bonchev–Trinajstić information content (AvgIpc) is 2.30. The number of alkyl halides is 1. The van der Waals surface area contributed by atoms with Crippen LogP contribution in [0.15, 0.2) is 18.3 Å². The van der Waals surface area contributed by atoms with Gasteiger partial charge in [-0.15, -0.1) is 0 Å². The third-order valence-corrected chi connectivity index (χ3v) is 2.75. The molecule has 2 rings (SSSR count). The second-order valence-corrected chi connectivity index (χ2v) is 3.76. The van der Waals surface area contributed by atoms with E-state index in [2.05, 4.69) is 10.3 Å². The van der Waals surface area contributed by atoms with Gasteiger partial charge in [-0.05, 0) is 38.1 Å². The number of hydrogen-bond donors (Lipinski definition) is 1. The number of aromatic nitrogens is 1. The molecule has 1 N–H and O–H groups in total.